The Labute approximate surface area is 124 Å². The second-order valence-electron chi connectivity index (χ2n) is 4.78. The highest BCUT2D eigenvalue weighted by Gasteiger charge is 2.09. The normalized spacial score (nSPS) is 11.9. The number of rotatable bonds is 5. The number of benzene rings is 2. The van der Waals surface area contributed by atoms with Gasteiger partial charge in [0.1, 0.15) is 0 Å². The molecular weight excluding hydrogens is 266 g/mol. The maximum Gasteiger partial charge on any atom is 0.234 e. The van der Waals surface area contributed by atoms with E-state index >= 15 is 0 Å². The molecule has 0 unspecified atom stereocenters. The van der Waals surface area contributed by atoms with Crippen molar-refractivity contribution in [3.05, 3.63) is 65.7 Å². The number of thioether (sulfide) groups is 1. The Morgan fingerprint density at radius 2 is 1.75 bits per heavy atom. The van der Waals surface area contributed by atoms with Crippen molar-refractivity contribution in [2.24, 2.45) is 0 Å². The third kappa shape index (κ3) is 4.42. The van der Waals surface area contributed by atoms with Crippen LogP contribution < -0.4 is 5.32 Å². The summed E-state index contributed by atoms with van der Waals surface area (Å²) >= 11 is 1.65. The Bertz CT molecular complexity index is 551. The van der Waals surface area contributed by atoms with Gasteiger partial charge >= 0.3 is 0 Å². The van der Waals surface area contributed by atoms with E-state index in [1.165, 1.54) is 11.1 Å². The highest BCUT2D eigenvalue weighted by molar-refractivity contribution is 8.00. The van der Waals surface area contributed by atoms with Crippen LogP contribution in [0.25, 0.3) is 0 Å². The highest BCUT2D eigenvalue weighted by atomic mass is 32.2. The molecule has 1 atom stereocenters. The van der Waals surface area contributed by atoms with E-state index in [4.69, 9.17) is 0 Å². The summed E-state index contributed by atoms with van der Waals surface area (Å²) in [4.78, 5) is 11.9. The van der Waals surface area contributed by atoms with Gasteiger partial charge in [-0.25, -0.2) is 0 Å². The predicted molar refractivity (Wildman–Crippen MR) is 87.1 cm³/mol. The van der Waals surface area contributed by atoms with Crippen LogP contribution in [0.2, 0.25) is 0 Å². The smallest absolute Gasteiger partial charge is 0.234 e. The molecule has 0 radical (unpaired) electrons. The molecule has 0 saturated carbocycles. The molecule has 20 heavy (non-hydrogen) atoms. The molecule has 2 rings (SSSR count). The third-order valence-electron chi connectivity index (χ3n) is 3.07. The van der Waals surface area contributed by atoms with Gasteiger partial charge in [0.25, 0.3) is 0 Å². The number of hydrogen-bond acceptors (Lipinski definition) is 2. The molecule has 3 heteroatoms. The molecule has 0 spiro atoms. The Hall–Kier alpha value is -1.74. The van der Waals surface area contributed by atoms with Gasteiger partial charge in [0.15, 0.2) is 0 Å². The third-order valence-corrected chi connectivity index (χ3v) is 4.27. The Balaban J connectivity index is 1.82. The first-order valence-corrected chi connectivity index (χ1v) is 7.73. The minimum absolute atomic E-state index is 0.0432. The summed E-state index contributed by atoms with van der Waals surface area (Å²) in [6.45, 7) is 4.15. The number of carbonyl (C=O) groups excluding carboxylic acids is 1. The van der Waals surface area contributed by atoms with Crippen molar-refractivity contribution in [3.8, 4) is 0 Å². The van der Waals surface area contributed by atoms with Crippen LogP contribution in [0.3, 0.4) is 0 Å². The Morgan fingerprint density at radius 3 is 2.40 bits per heavy atom. The Kier molecular flexibility index (Phi) is 5.24. The summed E-state index contributed by atoms with van der Waals surface area (Å²) in [5.74, 6) is 0.505. The van der Waals surface area contributed by atoms with Crippen LogP contribution in [0.4, 0.5) is 5.69 Å². The molecule has 0 saturated heterocycles. The molecule has 0 bridgehead atoms. The fraction of sp³-hybridized carbons (Fsp3) is 0.235. The van der Waals surface area contributed by atoms with Crippen LogP contribution >= 0.6 is 11.8 Å². The van der Waals surface area contributed by atoms with Crippen LogP contribution in [0.5, 0.6) is 0 Å². The second-order valence-corrected chi connectivity index (χ2v) is 6.11. The molecule has 0 heterocycles. The molecule has 2 aromatic carbocycles. The molecule has 1 amide bonds. The predicted octanol–water partition coefficient (Wildman–Crippen LogP) is 4.43. The van der Waals surface area contributed by atoms with Crippen molar-refractivity contribution in [2.75, 3.05) is 11.1 Å². The fourth-order valence-electron chi connectivity index (χ4n) is 1.85. The molecule has 0 aromatic heterocycles. The lowest BCUT2D eigenvalue weighted by Crippen LogP contribution is -2.14. The summed E-state index contributed by atoms with van der Waals surface area (Å²) in [7, 11) is 0. The highest BCUT2D eigenvalue weighted by Crippen LogP contribution is 2.27. The number of aryl methyl sites for hydroxylation is 1. The maximum absolute atomic E-state index is 11.9. The van der Waals surface area contributed by atoms with Gasteiger partial charge in [-0.15, -0.1) is 11.8 Å². The monoisotopic (exact) mass is 285 g/mol. The largest absolute Gasteiger partial charge is 0.325 e. The van der Waals surface area contributed by atoms with Crippen LogP contribution in [-0.2, 0) is 4.79 Å². The van der Waals surface area contributed by atoms with E-state index in [9.17, 15) is 4.79 Å². The standard InChI is InChI=1S/C17H19NOS/c1-13-8-10-16(11-9-13)18-17(19)12-20-14(2)15-6-4-3-5-7-15/h3-11,14H,12H2,1-2H3,(H,18,19)/t14-/m1/s1. The van der Waals surface area contributed by atoms with Crippen molar-refractivity contribution >= 4 is 23.4 Å². The first-order valence-electron chi connectivity index (χ1n) is 6.68. The zero-order valence-corrected chi connectivity index (χ0v) is 12.6. The second kappa shape index (κ2) is 7.15. The Morgan fingerprint density at radius 1 is 1.10 bits per heavy atom. The summed E-state index contributed by atoms with van der Waals surface area (Å²) in [6, 6.07) is 18.1. The van der Waals surface area contributed by atoms with Crippen LogP contribution in [0.15, 0.2) is 54.6 Å². The minimum atomic E-state index is 0.0432. The molecule has 0 fully saturated rings. The number of hydrogen-bond donors (Lipinski definition) is 1. The van der Waals surface area contributed by atoms with Gasteiger partial charge in [0.2, 0.25) is 5.91 Å². The van der Waals surface area contributed by atoms with Crippen molar-refractivity contribution < 1.29 is 4.79 Å². The van der Waals surface area contributed by atoms with Gasteiger partial charge in [-0.05, 0) is 31.5 Å². The van der Waals surface area contributed by atoms with Gasteiger partial charge in [-0.2, -0.15) is 0 Å². The SMILES string of the molecule is Cc1ccc(NC(=O)CS[C@H](C)c2ccccc2)cc1. The molecule has 2 aromatic rings. The lowest BCUT2D eigenvalue weighted by atomic mass is 10.2. The zero-order valence-electron chi connectivity index (χ0n) is 11.8. The van der Waals surface area contributed by atoms with E-state index in [2.05, 4.69) is 24.4 Å². The first kappa shape index (κ1) is 14.7. The lowest BCUT2D eigenvalue weighted by molar-refractivity contribution is -0.113. The van der Waals surface area contributed by atoms with E-state index in [-0.39, 0.29) is 5.91 Å². The van der Waals surface area contributed by atoms with E-state index < -0.39 is 0 Å². The first-order chi connectivity index (χ1) is 9.65. The average Bonchev–Trinajstić information content (AvgIpc) is 2.48. The van der Waals surface area contributed by atoms with E-state index in [0.717, 1.165) is 5.69 Å². The molecule has 1 N–H and O–H groups in total. The number of amides is 1. The molecule has 2 nitrogen and oxygen atoms in total. The quantitative estimate of drug-likeness (QED) is 0.880. The van der Waals surface area contributed by atoms with Crippen LogP contribution in [0.1, 0.15) is 23.3 Å². The molecular formula is C17H19NOS. The van der Waals surface area contributed by atoms with Gasteiger partial charge in [0.05, 0.1) is 5.75 Å². The van der Waals surface area contributed by atoms with Gasteiger partial charge < -0.3 is 5.32 Å². The summed E-state index contributed by atoms with van der Waals surface area (Å²) in [6.07, 6.45) is 0. The van der Waals surface area contributed by atoms with E-state index in [1.807, 2.05) is 49.4 Å². The van der Waals surface area contributed by atoms with E-state index in [0.29, 0.717) is 11.0 Å². The van der Waals surface area contributed by atoms with E-state index in [1.54, 1.807) is 11.8 Å². The van der Waals surface area contributed by atoms with Crippen LogP contribution in [-0.4, -0.2) is 11.7 Å². The number of nitrogens with one attached hydrogen (secondary N) is 1. The van der Waals surface area contributed by atoms with Gasteiger partial charge in [0, 0.05) is 10.9 Å². The zero-order chi connectivity index (χ0) is 14.4. The molecule has 104 valence electrons. The summed E-state index contributed by atoms with van der Waals surface area (Å²) < 4.78 is 0. The molecule has 0 aliphatic rings. The topological polar surface area (TPSA) is 29.1 Å². The maximum atomic E-state index is 11.9. The number of carbonyl (C=O) groups is 1. The number of anilines is 1. The van der Waals surface area contributed by atoms with Crippen molar-refractivity contribution in [3.63, 3.8) is 0 Å². The van der Waals surface area contributed by atoms with Crippen molar-refractivity contribution in [1.29, 1.82) is 0 Å². The van der Waals surface area contributed by atoms with Crippen LogP contribution in [0, 0.1) is 6.92 Å². The summed E-state index contributed by atoms with van der Waals surface area (Å²) in [5.41, 5.74) is 3.30. The molecule has 0 aliphatic heterocycles. The van der Waals surface area contributed by atoms with Crippen molar-refractivity contribution in [1.82, 2.24) is 0 Å². The summed E-state index contributed by atoms with van der Waals surface area (Å²) in [5, 5.41) is 3.24. The average molecular weight is 285 g/mol. The van der Waals surface area contributed by atoms with Gasteiger partial charge in [-0.1, -0.05) is 48.0 Å². The molecule has 0 aliphatic carbocycles. The van der Waals surface area contributed by atoms with Gasteiger partial charge in [-0.3, -0.25) is 4.79 Å². The minimum Gasteiger partial charge on any atom is -0.325 e. The lowest BCUT2D eigenvalue weighted by Gasteiger charge is -2.11. The van der Waals surface area contributed by atoms with Crippen molar-refractivity contribution in [2.45, 2.75) is 19.1 Å². The fourth-order valence-corrected chi connectivity index (χ4v) is 2.68.